The Morgan fingerprint density at radius 3 is 2.53 bits per heavy atom. The van der Waals surface area contributed by atoms with Gasteiger partial charge in [-0.1, -0.05) is 0 Å². The third kappa shape index (κ3) is 4.90. The van der Waals surface area contributed by atoms with Gasteiger partial charge in [-0.05, 0) is 42.8 Å². The third-order valence-electron chi connectivity index (χ3n) is 1.49. The van der Waals surface area contributed by atoms with Crippen molar-refractivity contribution in [3.63, 3.8) is 0 Å². The highest BCUT2D eigenvalue weighted by molar-refractivity contribution is 9.10. The van der Waals surface area contributed by atoms with Gasteiger partial charge in [0.15, 0.2) is 0 Å². The molecular formula is C10H13BrN2O4. The minimum Gasteiger partial charge on any atom is -0.442 e. The molecule has 0 saturated carbocycles. The maximum absolute atomic E-state index is 11.4. The highest BCUT2D eigenvalue weighted by Gasteiger charge is 2.18. The summed E-state index contributed by atoms with van der Waals surface area (Å²) in [4.78, 5) is 29.8. The van der Waals surface area contributed by atoms with Gasteiger partial charge in [0.05, 0.1) is 0 Å². The minimum atomic E-state index is -0.823. The Balaban J connectivity index is 2.41. The molecule has 1 aromatic rings. The van der Waals surface area contributed by atoms with Crippen molar-refractivity contribution < 1.29 is 19.2 Å². The van der Waals surface area contributed by atoms with E-state index in [9.17, 15) is 9.59 Å². The lowest BCUT2D eigenvalue weighted by Crippen LogP contribution is -2.34. The first-order valence-corrected chi connectivity index (χ1v) is 5.61. The topological polar surface area (TPSA) is 80.4 Å². The molecule has 0 saturated heterocycles. The number of H-pyrrole nitrogens is 1. The number of hydrogen-bond acceptors (Lipinski definition) is 4. The van der Waals surface area contributed by atoms with E-state index in [1.54, 1.807) is 27.0 Å². The van der Waals surface area contributed by atoms with Crippen LogP contribution >= 0.6 is 15.9 Å². The Labute approximate surface area is 107 Å². The highest BCUT2D eigenvalue weighted by Crippen LogP contribution is 2.11. The fourth-order valence-corrected chi connectivity index (χ4v) is 1.27. The summed E-state index contributed by atoms with van der Waals surface area (Å²) in [5.41, 5.74) is 1.47. The van der Waals surface area contributed by atoms with Gasteiger partial charge in [-0.15, -0.1) is 5.48 Å². The van der Waals surface area contributed by atoms with E-state index in [0.29, 0.717) is 4.47 Å². The van der Waals surface area contributed by atoms with E-state index in [2.05, 4.69) is 25.8 Å². The number of ether oxygens (including phenoxy) is 1. The highest BCUT2D eigenvalue weighted by atomic mass is 79.9. The van der Waals surface area contributed by atoms with Crippen molar-refractivity contribution in [2.45, 2.75) is 26.4 Å². The maximum Gasteiger partial charge on any atom is 0.441 e. The van der Waals surface area contributed by atoms with Crippen LogP contribution in [0.4, 0.5) is 4.79 Å². The number of hydroxylamine groups is 1. The van der Waals surface area contributed by atoms with Crippen molar-refractivity contribution in [2.75, 3.05) is 0 Å². The van der Waals surface area contributed by atoms with Crippen LogP contribution in [0.25, 0.3) is 0 Å². The van der Waals surface area contributed by atoms with Crippen LogP contribution in [0.2, 0.25) is 0 Å². The summed E-state index contributed by atoms with van der Waals surface area (Å²) in [6.45, 7) is 5.11. The Bertz CT molecular complexity index is 422. The zero-order valence-electron chi connectivity index (χ0n) is 9.67. The molecule has 1 rings (SSSR count). The average molecular weight is 305 g/mol. The van der Waals surface area contributed by atoms with Gasteiger partial charge in [0.25, 0.3) is 0 Å². The fourth-order valence-electron chi connectivity index (χ4n) is 0.928. The molecule has 0 atom stereocenters. The van der Waals surface area contributed by atoms with Crippen LogP contribution in [0.15, 0.2) is 16.7 Å². The molecule has 94 valence electrons. The van der Waals surface area contributed by atoms with E-state index >= 15 is 0 Å². The SMILES string of the molecule is CC(C)(C)OC(=O)NOC(=O)c1cc(Br)c[nH]1. The summed E-state index contributed by atoms with van der Waals surface area (Å²) < 4.78 is 5.59. The van der Waals surface area contributed by atoms with Gasteiger partial charge in [0, 0.05) is 10.7 Å². The number of amides is 1. The molecule has 0 spiro atoms. The lowest BCUT2D eigenvalue weighted by molar-refractivity contribution is -0.00162. The van der Waals surface area contributed by atoms with Gasteiger partial charge in [-0.25, -0.2) is 9.59 Å². The molecule has 0 fully saturated rings. The second-order valence-electron chi connectivity index (χ2n) is 4.23. The summed E-state index contributed by atoms with van der Waals surface area (Å²) in [6.07, 6.45) is 0.751. The summed E-state index contributed by atoms with van der Waals surface area (Å²) in [5, 5.41) is 0. The van der Waals surface area contributed by atoms with Crippen molar-refractivity contribution >= 4 is 28.0 Å². The van der Waals surface area contributed by atoms with Gasteiger partial charge in [-0.3, -0.25) is 0 Å². The summed E-state index contributed by atoms with van der Waals surface area (Å²) in [5.74, 6) is -0.707. The van der Waals surface area contributed by atoms with Crippen molar-refractivity contribution in [2.24, 2.45) is 0 Å². The predicted molar refractivity (Wildman–Crippen MR) is 63.3 cm³/mol. The number of carbonyl (C=O) groups is 2. The molecule has 6 nitrogen and oxygen atoms in total. The smallest absolute Gasteiger partial charge is 0.441 e. The molecule has 1 aromatic heterocycles. The van der Waals surface area contributed by atoms with Crippen LogP contribution in [-0.2, 0) is 9.57 Å². The zero-order chi connectivity index (χ0) is 13.1. The number of carbonyl (C=O) groups excluding carboxylic acids is 2. The number of rotatable bonds is 1. The maximum atomic E-state index is 11.4. The van der Waals surface area contributed by atoms with Gasteiger partial charge >= 0.3 is 12.1 Å². The minimum absolute atomic E-state index is 0.216. The summed E-state index contributed by atoms with van der Waals surface area (Å²) >= 11 is 3.17. The van der Waals surface area contributed by atoms with Gasteiger partial charge in [-0.2, -0.15) is 0 Å². The third-order valence-corrected chi connectivity index (χ3v) is 1.95. The van der Waals surface area contributed by atoms with E-state index in [1.165, 1.54) is 6.07 Å². The molecule has 2 N–H and O–H groups in total. The van der Waals surface area contributed by atoms with Crippen LogP contribution in [0.5, 0.6) is 0 Å². The second kappa shape index (κ2) is 5.22. The number of halogens is 1. The molecule has 7 heteroatoms. The van der Waals surface area contributed by atoms with Crippen molar-refractivity contribution in [1.82, 2.24) is 10.5 Å². The Kier molecular flexibility index (Phi) is 4.17. The van der Waals surface area contributed by atoms with Gasteiger partial charge in [0.1, 0.15) is 11.3 Å². The monoisotopic (exact) mass is 304 g/mol. The largest absolute Gasteiger partial charge is 0.442 e. The first kappa shape index (κ1) is 13.6. The molecule has 0 aliphatic heterocycles. The van der Waals surface area contributed by atoms with Crippen molar-refractivity contribution in [1.29, 1.82) is 0 Å². The van der Waals surface area contributed by atoms with E-state index < -0.39 is 17.7 Å². The average Bonchev–Trinajstić information content (AvgIpc) is 2.58. The molecule has 17 heavy (non-hydrogen) atoms. The quantitative estimate of drug-likeness (QED) is 0.781. The fraction of sp³-hybridized carbons (Fsp3) is 0.400. The zero-order valence-corrected chi connectivity index (χ0v) is 11.3. The van der Waals surface area contributed by atoms with Crippen molar-refractivity contribution in [3.8, 4) is 0 Å². The number of nitrogens with one attached hydrogen (secondary N) is 2. The predicted octanol–water partition coefficient (Wildman–Crippen LogP) is 2.37. The number of hydrogen-bond donors (Lipinski definition) is 2. The molecular weight excluding hydrogens is 292 g/mol. The van der Waals surface area contributed by atoms with E-state index in [1.807, 2.05) is 5.48 Å². The van der Waals surface area contributed by atoms with E-state index in [4.69, 9.17) is 4.74 Å². The van der Waals surface area contributed by atoms with Crippen LogP contribution in [0.1, 0.15) is 31.3 Å². The van der Waals surface area contributed by atoms with Crippen LogP contribution < -0.4 is 5.48 Å². The number of aromatic nitrogens is 1. The molecule has 0 aliphatic carbocycles. The van der Waals surface area contributed by atoms with Crippen molar-refractivity contribution in [3.05, 3.63) is 22.4 Å². The number of aromatic amines is 1. The second-order valence-corrected chi connectivity index (χ2v) is 5.14. The van der Waals surface area contributed by atoms with E-state index in [0.717, 1.165) is 0 Å². The molecule has 0 radical (unpaired) electrons. The molecule has 1 heterocycles. The van der Waals surface area contributed by atoms with Gasteiger partial charge < -0.3 is 14.6 Å². The molecule has 0 unspecified atom stereocenters. The van der Waals surface area contributed by atoms with Crippen LogP contribution in [0, 0.1) is 0 Å². The van der Waals surface area contributed by atoms with Crippen LogP contribution in [0.3, 0.4) is 0 Å². The first-order chi connectivity index (χ1) is 7.78. The summed E-state index contributed by atoms with van der Waals surface area (Å²) in [7, 11) is 0. The lowest BCUT2D eigenvalue weighted by atomic mass is 10.2. The van der Waals surface area contributed by atoms with E-state index in [-0.39, 0.29) is 5.69 Å². The Hall–Kier alpha value is -1.50. The Morgan fingerprint density at radius 2 is 2.06 bits per heavy atom. The molecule has 0 aliphatic rings. The molecule has 0 bridgehead atoms. The molecule has 1 amide bonds. The Morgan fingerprint density at radius 1 is 1.41 bits per heavy atom. The molecule has 0 aromatic carbocycles. The van der Waals surface area contributed by atoms with Gasteiger partial charge in [0.2, 0.25) is 0 Å². The lowest BCUT2D eigenvalue weighted by Gasteiger charge is -2.18. The van der Waals surface area contributed by atoms with Crippen LogP contribution in [-0.4, -0.2) is 22.6 Å². The first-order valence-electron chi connectivity index (χ1n) is 4.82. The standard InChI is InChI=1S/C10H13BrN2O4/c1-10(2,3)16-9(15)13-17-8(14)7-4-6(11)5-12-7/h4-5,12H,1-3H3,(H,13,15). The normalized spacial score (nSPS) is 10.8. The summed E-state index contributed by atoms with van der Waals surface area (Å²) in [6, 6.07) is 1.53.